The minimum atomic E-state index is -4.03. The summed E-state index contributed by atoms with van der Waals surface area (Å²) in [6, 6.07) is 0. The fourth-order valence-corrected chi connectivity index (χ4v) is 0.349. The first kappa shape index (κ1) is 9.59. The van der Waals surface area contributed by atoms with Crippen molar-refractivity contribution in [2.45, 2.75) is 0 Å². The van der Waals surface area contributed by atoms with E-state index < -0.39 is 9.68 Å². The molecule has 0 heterocycles. The predicted molar refractivity (Wildman–Crippen MR) is 38.1 cm³/mol. The van der Waals surface area contributed by atoms with Crippen LogP contribution in [0.1, 0.15) is 0 Å². The minimum absolute atomic E-state index is 0.344. The Kier molecular flexibility index (Phi) is 2.86. The number of carbonyl (C=O) groups excluding carboxylic acids is 3. The zero-order valence-corrected chi connectivity index (χ0v) is 8.98. The summed E-state index contributed by atoms with van der Waals surface area (Å²) in [6.07, 6.45) is 0. The van der Waals surface area contributed by atoms with E-state index in [0.29, 0.717) is 14.6 Å². The SMILES string of the molecule is O=[CH][Ru]([Br])([Br])([CH]=O)[CH]=O. The second-order valence-electron chi connectivity index (χ2n) is 1.12. The van der Waals surface area contributed by atoms with E-state index in [2.05, 4.69) is 27.2 Å². The van der Waals surface area contributed by atoms with Crippen LogP contribution < -0.4 is 0 Å². The zero-order valence-electron chi connectivity index (χ0n) is 4.07. The molecule has 0 aliphatic heterocycles. The maximum atomic E-state index is 10.1. The van der Waals surface area contributed by atoms with Crippen molar-refractivity contribution in [3.8, 4) is 0 Å². The van der Waals surface area contributed by atoms with Gasteiger partial charge in [0.25, 0.3) is 0 Å². The average molecular weight is 348 g/mol. The fourth-order valence-electron chi connectivity index (χ4n) is 0.0589. The van der Waals surface area contributed by atoms with Crippen LogP contribution in [0.15, 0.2) is 0 Å². The summed E-state index contributed by atoms with van der Waals surface area (Å²) in [5.41, 5.74) is 0. The summed E-state index contributed by atoms with van der Waals surface area (Å²) in [7, 11) is -4.03. The molecular formula is C3H3Br2O3Ru. The van der Waals surface area contributed by atoms with Gasteiger partial charge in [0.05, 0.1) is 0 Å². The van der Waals surface area contributed by atoms with Gasteiger partial charge in [-0.1, -0.05) is 0 Å². The fraction of sp³-hybridized carbons (Fsp3) is 0. The normalized spacial score (nSPS) is 15.1. The molecule has 55 valence electrons. The van der Waals surface area contributed by atoms with Crippen LogP contribution >= 0.6 is 27.2 Å². The molecule has 0 aromatic heterocycles. The summed E-state index contributed by atoms with van der Waals surface area (Å²) in [6.45, 7) is 0. The summed E-state index contributed by atoms with van der Waals surface area (Å²) in [5, 5.41) is 0. The van der Waals surface area contributed by atoms with Crippen LogP contribution in [0, 0.1) is 0 Å². The van der Waals surface area contributed by atoms with Crippen LogP contribution in [0.5, 0.6) is 0 Å². The third kappa shape index (κ3) is 2.36. The van der Waals surface area contributed by atoms with Gasteiger partial charge in [-0.05, 0) is 0 Å². The van der Waals surface area contributed by atoms with E-state index in [1.807, 2.05) is 0 Å². The van der Waals surface area contributed by atoms with Gasteiger partial charge in [0.2, 0.25) is 0 Å². The molecule has 3 nitrogen and oxygen atoms in total. The first-order valence-electron chi connectivity index (χ1n) is 1.59. The topological polar surface area (TPSA) is 51.2 Å². The van der Waals surface area contributed by atoms with Crippen LogP contribution in [-0.4, -0.2) is 14.6 Å². The van der Waals surface area contributed by atoms with Crippen LogP contribution in [0.4, 0.5) is 0 Å². The molecule has 0 radical (unpaired) electrons. The van der Waals surface area contributed by atoms with Crippen molar-refractivity contribution >= 4 is 41.9 Å². The van der Waals surface area contributed by atoms with Crippen molar-refractivity contribution in [2.24, 2.45) is 0 Å². The zero-order chi connectivity index (χ0) is 7.57. The quantitative estimate of drug-likeness (QED) is 0.562. The molecule has 9 heavy (non-hydrogen) atoms. The number of hydrogen-bond donors (Lipinski definition) is 0. The third-order valence-electron chi connectivity index (χ3n) is 0.478. The third-order valence-corrected chi connectivity index (χ3v) is 7.52. The Balaban J connectivity index is 4.81. The van der Waals surface area contributed by atoms with E-state index in [1.54, 1.807) is 0 Å². The van der Waals surface area contributed by atoms with Gasteiger partial charge in [-0.15, -0.1) is 0 Å². The second-order valence-corrected chi connectivity index (χ2v) is 25.9. The Labute approximate surface area is 65.6 Å². The molecule has 0 spiro atoms. The molecule has 0 aromatic rings. The summed E-state index contributed by atoms with van der Waals surface area (Å²) in [4.78, 5) is 31.4. The molecule has 6 heteroatoms. The summed E-state index contributed by atoms with van der Waals surface area (Å²) in [5.74, 6) is 0. The molecule has 0 N–H and O–H groups in total. The van der Waals surface area contributed by atoms with Crippen molar-refractivity contribution in [1.29, 1.82) is 0 Å². The Morgan fingerprint density at radius 2 is 1.11 bits per heavy atom. The maximum absolute atomic E-state index is 10.1. The average Bonchev–Trinajstić information content (AvgIpc) is 1.90. The number of hydrogen-bond acceptors (Lipinski definition) is 3. The van der Waals surface area contributed by atoms with Gasteiger partial charge >= 0.3 is 66.0 Å². The molecule has 0 saturated heterocycles. The standard InChI is InChI=1S/3CHO.2BrH.Ru/c3*1-2;;;/h3*1H;2*1H;/q;;;;;+2/p-2. The molecule has 0 fully saturated rings. The number of rotatable bonds is 3. The van der Waals surface area contributed by atoms with Crippen molar-refractivity contribution in [2.75, 3.05) is 0 Å². The first-order valence-corrected chi connectivity index (χ1v) is 12.5. The monoisotopic (exact) mass is 347 g/mol. The summed E-state index contributed by atoms with van der Waals surface area (Å²) >= 11 is 5.55. The first-order chi connectivity index (χ1) is 3.96. The van der Waals surface area contributed by atoms with E-state index in [1.165, 1.54) is 0 Å². The van der Waals surface area contributed by atoms with Gasteiger partial charge in [-0.3, -0.25) is 0 Å². The molecule has 0 aliphatic rings. The molecule has 0 aliphatic carbocycles. The van der Waals surface area contributed by atoms with Gasteiger partial charge in [-0.2, -0.15) is 0 Å². The molecule has 0 unspecified atom stereocenters. The van der Waals surface area contributed by atoms with Gasteiger partial charge in [-0.25, -0.2) is 0 Å². The molecule has 0 amide bonds. The van der Waals surface area contributed by atoms with Crippen LogP contribution in [0.25, 0.3) is 0 Å². The predicted octanol–water partition coefficient (Wildman–Crippen LogP) is 0.866. The van der Waals surface area contributed by atoms with Crippen molar-refractivity contribution in [3.63, 3.8) is 0 Å². The van der Waals surface area contributed by atoms with Crippen molar-refractivity contribution in [3.05, 3.63) is 0 Å². The van der Waals surface area contributed by atoms with Gasteiger partial charge in [0.15, 0.2) is 0 Å². The molecule has 0 bridgehead atoms. The summed E-state index contributed by atoms with van der Waals surface area (Å²) < 4.78 is 0. The Bertz CT molecular complexity index is 138. The van der Waals surface area contributed by atoms with Gasteiger partial charge in [0, 0.05) is 0 Å². The molecule has 0 atom stereocenters. The molecule has 0 aromatic carbocycles. The Hall–Kier alpha value is 0.593. The van der Waals surface area contributed by atoms with E-state index in [-0.39, 0.29) is 0 Å². The Morgan fingerprint density at radius 1 is 0.889 bits per heavy atom. The Morgan fingerprint density at radius 3 is 1.11 bits per heavy atom. The number of carbonyl (C=O) groups is 3. The van der Waals surface area contributed by atoms with Crippen molar-refractivity contribution in [1.82, 2.24) is 0 Å². The number of halogens is 2. The van der Waals surface area contributed by atoms with E-state index in [0.717, 1.165) is 0 Å². The van der Waals surface area contributed by atoms with Crippen LogP contribution in [0.3, 0.4) is 0 Å². The van der Waals surface area contributed by atoms with Gasteiger partial charge in [0.1, 0.15) is 0 Å². The van der Waals surface area contributed by atoms with E-state index >= 15 is 0 Å². The molecule has 0 rings (SSSR count). The molecule has 0 saturated carbocycles. The molecular weight excluding hydrogens is 345 g/mol. The van der Waals surface area contributed by atoms with Gasteiger partial charge < -0.3 is 0 Å². The van der Waals surface area contributed by atoms with E-state index in [4.69, 9.17) is 0 Å². The van der Waals surface area contributed by atoms with Crippen LogP contribution in [-0.2, 0) is 24.1 Å². The second kappa shape index (κ2) is 2.68. The van der Waals surface area contributed by atoms with Crippen LogP contribution in [0.2, 0.25) is 0 Å². The van der Waals surface area contributed by atoms with E-state index in [9.17, 15) is 14.4 Å². The van der Waals surface area contributed by atoms with Crippen molar-refractivity contribution < 1.29 is 24.1 Å².